The summed E-state index contributed by atoms with van der Waals surface area (Å²) in [6.07, 6.45) is 4.08. The van der Waals surface area contributed by atoms with Gasteiger partial charge in [0, 0.05) is 18.6 Å². The van der Waals surface area contributed by atoms with E-state index in [1.54, 1.807) is 18.3 Å². The molecule has 6 heteroatoms. The molecule has 2 aromatic heterocycles. The van der Waals surface area contributed by atoms with Crippen molar-refractivity contribution in [3.05, 3.63) is 47.8 Å². The summed E-state index contributed by atoms with van der Waals surface area (Å²) in [5.41, 5.74) is -0.234. The van der Waals surface area contributed by atoms with E-state index in [-0.39, 0.29) is 17.1 Å². The van der Waals surface area contributed by atoms with Crippen LogP contribution in [-0.4, -0.2) is 31.8 Å². The summed E-state index contributed by atoms with van der Waals surface area (Å²) in [7, 11) is 0. The summed E-state index contributed by atoms with van der Waals surface area (Å²) in [5.74, 6) is -1.77. The predicted molar refractivity (Wildman–Crippen MR) is 53.2 cm³/mol. The van der Waals surface area contributed by atoms with Gasteiger partial charge in [-0.2, -0.15) is 0 Å². The van der Waals surface area contributed by atoms with Crippen molar-refractivity contribution in [3.63, 3.8) is 0 Å². The number of aromatic nitrogens is 3. The van der Waals surface area contributed by atoms with E-state index in [1.807, 2.05) is 0 Å². The maximum atomic E-state index is 11.8. The Kier molecular flexibility index (Phi) is 2.47. The standard InChI is InChI=1S/C10H7N3O3/c14-9(6-2-1-3-11-6)7-8(10(15)16)13-5-4-12-7/h1-5,11H,(H,15,16). The number of hydrogen-bond acceptors (Lipinski definition) is 4. The van der Waals surface area contributed by atoms with Crippen molar-refractivity contribution in [1.82, 2.24) is 15.0 Å². The van der Waals surface area contributed by atoms with Crippen LogP contribution in [0.3, 0.4) is 0 Å². The van der Waals surface area contributed by atoms with Crippen LogP contribution in [0, 0.1) is 0 Å². The van der Waals surface area contributed by atoms with Crippen LogP contribution in [0.1, 0.15) is 26.7 Å². The lowest BCUT2D eigenvalue weighted by atomic mass is 10.1. The predicted octanol–water partition coefficient (Wildman–Crippen LogP) is 0.734. The molecule has 0 spiro atoms. The Balaban J connectivity index is 2.49. The Morgan fingerprint density at radius 3 is 2.44 bits per heavy atom. The molecular weight excluding hydrogens is 210 g/mol. The topological polar surface area (TPSA) is 95.9 Å². The molecule has 0 amide bonds. The summed E-state index contributed by atoms with van der Waals surface area (Å²) in [6.45, 7) is 0. The maximum absolute atomic E-state index is 11.8. The molecule has 16 heavy (non-hydrogen) atoms. The number of ketones is 1. The van der Waals surface area contributed by atoms with E-state index in [0.717, 1.165) is 0 Å². The van der Waals surface area contributed by atoms with Crippen LogP contribution in [0.25, 0.3) is 0 Å². The summed E-state index contributed by atoms with van der Waals surface area (Å²) >= 11 is 0. The number of nitrogens with one attached hydrogen (secondary N) is 1. The van der Waals surface area contributed by atoms with Gasteiger partial charge in [-0.1, -0.05) is 0 Å². The molecule has 2 N–H and O–H groups in total. The molecule has 0 aliphatic rings. The first-order valence-electron chi connectivity index (χ1n) is 4.42. The molecule has 0 radical (unpaired) electrons. The van der Waals surface area contributed by atoms with Gasteiger partial charge in [0.25, 0.3) is 0 Å². The van der Waals surface area contributed by atoms with Gasteiger partial charge >= 0.3 is 5.97 Å². The molecule has 2 aromatic rings. The highest BCUT2D eigenvalue weighted by Crippen LogP contribution is 2.08. The molecule has 6 nitrogen and oxygen atoms in total. The fourth-order valence-corrected chi connectivity index (χ4v) is 1.26. The van der Waals surface area contributed by atoms with Crippen molar-refractivity contribution in [2.45, 2.75) is 0 Å². The quantitative estimate of drug-likeness (QED) is 0.739. The Hall–Kier alpha value is -2.50. The first kappa shape index (κ1) is 10.0. The Morgan fingerprint density at radius 2 is 1.88 bits per heavy atom. The minimum Gasteiger partial charge on any atom is -0.476 e. The van der Waals surface area contributed by atoms with Gasteiger partial charge in [-0.15, -0.1) is 0 Å². The molecule has 0 saturated carbocycles. The first-order valence-corrected chi connectivity index (χ1v) is 4.42. The number of carboxylic acids is 1. The van der Waals surface area contributed by atoms with Gasteiger partial charge in [-0.3, -0.25) is 4.79 Å². The average molecular weight is 217 g/mol. The molecule has 0 atom stereocenters. The van der Waals surface area contributed by atoms with E-state index >= 15 is 0 Å². The number of H-pyrrole nitrogens is 1. The van der Waals surface area contributed by atoms with Crippen LogP contribution in [0.2, 0.25) is 0 Å². The molecule has 0 saturated heterocycles. The lowest BCUT2D eigenvalue weighted by Crippen LogP contribution is -2.14. The zero-order valence-electron chi connectivity index (χ0n) is 8.04. The summed E-state index contributed by atoms with van der Waals surface area (Å²) in [4.78, 5) is 32.7. The normalized spacial score (nSPS) is 10.0. The highest BCUT2D eigenvalue weighted by molar-refractivity contribution is 6.11. The van der Waals surface area contributed by atoms with Crippen LogP contribution in [-0.2, 0) is 0 Å². The molecule has 0 unspecified atom stereocenters. The van der Waals surface area contributed by atoms with E-state index in [9.17, 15) is 9.59 Å². The minimum atomic E-state index is -1.27. The largest absolute Gasteiger partial charge is 0.476 e. The van der Waals surface area contributed by atoms with Gasteiger partial charge in [0.2, 0.25) is 5.78 Å². The van der Waals surface area contributed by atoms with Crippen LogP contribution in [0.4, 0.5) is 0 Å². The van der Waals surface area contributed by atoms with E-state index in [2.05, 4.69) is 15.0 Å². The number of nitrogens with zero attached hydrogens (tertiary/aromatic N) is 2. The highest BCUT2D eigenvalue weighted by Gasteiger charge is 2.20. The number of aromatic amines is 1. The summed E-state index contributed by atoms with van der Waals surface area (Å²) in [5, 5.41) is 8.85. The average Bonchev–Trinajstić information content (AvgIpc) is 2.81. The van der Waals surface area contributed by atoms with Crippen LogP contribution >= 0.6 is 0 Å². The number of hydrogen-bond donors (Lipinski definition) is 2. The van der Waals surface area contributed by atoms with Crippen molar-refractivity contribution in [2.75, 3.05) is 0 Å². The van der Waals surface area contributed by atoms with Crippen LogP contribution in [0.5, 0.6) is 0 Å². The fourth-order valence-electron chi connectivity index (χ4n) is 1.26. The third-order valence-corrected chi connectivity index (χ3v) is 1.96. The van der Waals surface area contributed by atoms with Crippen molar-refractivity contribution in [2.24, 2.45) is 0 Å². The first-order chi connectivity index (χ1) is 7.70. The summed E-state index contributed by atoms with van der Waals surface area (Å²) in [6, 6.07) is 3.19. The number of rotatable bonds is 3. The Bertz CT molecular complexity index is 534. The summed E-state index contributed by atoms with van der Waals surface area (Å²) < 4.78 is 0. The van der Waals surface area contributed by atoms with Gasteiger partial charge in [0.05, 0.1) is 5.69 Å². The number of carbonyl (C=O) groups excluding carboxylic acids is 1. The Labute approximate surface area is 90.0 Å². The van der Waals surface area contributed by atoms with Crippen LogP contribution in [0.15, 0.2) is 30.7 Å². The van der Waals surface area contributed by atoms with E-state index < -0.39 is 11.8 Å². The van der Waals surface area contributed by atoms with E-state index in [4.69, 9.17) is 5.11 Å². The molecule has 0 aromatic carbocycles. The second kappa shape index (κ2) is 3.93. The molecule has 0 fully saturated rings. The molecule has 80 valence electrons. The Morgan fingerprint density at radius 1 is 1.19 bits per heavy atom. The van der Waals surface area contributed by atoms with Gasteiger partial charge in [-0.05, 0) is 12.1 Å². The number of carboxylic acid groups (broad SMARTS) is 1. The van der Waals surface area contributed by atoms with Crippen molar-refractivity contribution in [3.8, 4) is 0 Å². The third kappa shape index (κ3) is 1.68. The second-order valence-electron chi connectivity index (χ2n) is 2.97. The lowest BCUT2D eigenvalue weighted by Gasteiger charge is -2.00. The third-order valence-electron chi connectivity index (χ3n) is 1.96. The monoisotopic (exact) mass is 217 g/mol. The van der Waals surface area contributed by atoms with Crippen molar-refractivity contribution < 1.29 is 14.7 Å². The minimum absolute atomic E-state index is 0.169. The van der Waals surface area contributed by atoms with Crippen molar-refractivity contribution >= 4 is 11.8 Å². The second-order valence-corrected chi connectivity index (χ2v) is 2.97. The van der Waals surface area contributed by atoms with E-state index in [0.29, 0.717) is 0 Å². The lowest BCUT2D eigenvalue weighted by molar-refractivity contribution is 0.0685. The molecule has 0 aliphatic heterocycles. The van der Waals surface area contributed by atoms with Crippen molar-refractivity contribution in [1.29, 1.82) is 0 Å². The zero-order chi connectivity index (χ0) is 11.5. The SMILES string of the molecule is O=C(O)c1nccnc1C(=O)c1ccc[nH]1. The van der Waals surface area contributed by atoms with Gasteiger partial charge in [0.1, 0.15) is 5.69 Å². The number of carbonyl (C=O) groups is 2. The smallest absolute Gasteiger partial charge is 0.356 e. The zero-order valence-corrected chi connectivity index (χ0v) is 8.04. The van der Waals surface area contributed by atoms with Gasteiger partial charge in [-0.25, -0.2) is 14.8 Å². The van der Waals surface area contributed by atoms with E-state index in [1.165, 1.54) is 12.4 Å². The molecule has 0 bridgehead atoms. The molecule has 0 aliphatic carbocycles. The maximum Gasteiger partial charge on any atom is 0.356 e. The molecule has 2 rings (SSSR count). The number of aromatic carboxylic acids is 1. The van der Waals surface area contributed by atoms with Gasteiger partial charge < -0.3 is 10.1 Å². The highest BCUT2D eigenvalue weighted by atomic mass is 16.4. The molecule has 2 heterocycles. The van der Waals surface area contributed by atoms with Crippen LogP contribution < -0.4 is 0 Å². The van der Waals surface area contributed by atoms with Gasteiger partial charge in [0.15, 0.2) is 5.69 Å². The molecular formula is C10H7N3O3. The fraction of sp³-hybridized carbons (Fsp3) is 0.